The maximum Gasteiger partial charge on any atom is 0.241 e. The first-order valence-corrected chi connectivity index (χ1v) is 8.75. The van der Waals surface area contributed by atoms with Crippen LogP contribution in [0, 0.1) is 5.92 Å². The van der Waals surface area contributed by atoms with Crippen molar-refractivity contribution in [1.29, 1.82) is 0 Å². The number of likely N-dealkylation sites (tertiary alicyclic amines) is 1. The monoisotopic (exact) mass is 318 g/mol. The van der Waals surface area contributed by atoms with E-state index in [9.17, 15) is 9.90 Å². The van der Waals surface area contributed by atoms with E-state index in [0.29, 0.717) is 5.92 Å². The fourth-order valence-electron chi connectivity index (χ4n) is 3.22. The fraction of sp³-hybridized carbons (Fsp3) is 0.632. The summed E-state index contributed by atoms with van der Waals surface area (Å²) in [7, 11) is 0. The lowest BCUT2D eigenvalue weighted by Crippen LogP contribution is -2.41. The van der Waals surface area contributed by atoms with E-state index >= 15 is 0 Å². The van der Waals surface area contributed by atoms with Gasteiger partial charge >= 0.3 is 0 Å². The smallest absolute Gasteiger partial charge is 0.241 e. The number of rotatable bonds is 6. The number of carbonyl (C=O) groups excluding carboxylic acids is 1. The van der Waals surface area contributed by atoms with Crippen LogP contribution >= 0.6 is 0 Å². The van der Waals surface area contributed by atoms with Gasteiger partial charge in [0.05, 0.1) is 12.1 Å². The van der Waals surface area contributed by atoms with Crippen molar-refractivity contribution in [2.75, 3.05) is 18.4 Å². The summed E-state index contributed by atoms with van der Waals surface area (Å²) in [5, 5.41) is 12.8. The summed E-state index contributed by atoms with van der Waals surface area (Å²) < 4.78 is 0. The van der Waals surface area contributed by atoms with Gasteiger partial charge < -0.3 is 10.4 Å². The van der Waals surface area contributed by atoms with E-state index in [4.69, 9.17) is 0 Å². The molecule has 2 rings (SSSR count). The zero-order valence-corrected chi connectivity index (χ0v) is 14.7. The molecule has 1 saturated heterocycles. The van der Waals surface area contributed by atoms with Gasteiger partial charge in [-0.15, -0.1) is 0 Å². The Bertz CT molecular complexity index is 530. The van der Waals surface area contributed by atoms with Crippen molar-refractivity contribution in [1.82, 2.24) is 4.90 Å². The lowest BCUT2D eigenvalue weighted by atomic mass is 9.97. The zero-order chi connectivity index (χ0) is 17.0. The molecule has 1 fully saturated rings. The molecular formula is C19H30N2O2. The number of anilines is 1. The minimum Gasteiger partial charge on any atom is -0.393 e. The van der Waals surface area contributed by atoms with Gasteiger partial charge in [0.1, 0.15) is 0 Å². The molecule has 0 aliphatic carbocycles. The molecule has 23 heavy (non-hydrogen) atoms. The van der Waals surface area contributed by atoms with E-state index in [2.05, 4.69) is 30.1 Å². The summed E-state index contributed by atoms with van der Waals surface area (Å²) in [4.78, 5) is 14.8. The minimum absolute atomic E-state index is 0.0343. The van der Waals surface area contributed by atoms with Crippen LogP contribution in [0.1, 0.15) is 52.0 Å². The highest BCUT2D eigenvalue weighted by Crippen LogP contribution is 2.27. The largest absolute Gasteiger partial charge is 0.393 e. The maximum absolute atomic E-state index is 12.6. The normalized spacial score (nSPS) is 22.6. The molecule has 0 saturated carbocycles. The van der Waals surface area contributed by atoms with Crippen LogP contribution in [0.5, 0.6) is 0 Å². The molecule has 0 aromatic heterocycles. The van der Waals surface area contributed by atoms with Crippen molar-refractivity contribution in [3.05, 3.63) is 29.8 Å². The third-order valence-corrected chi connectivity index (χ3v) is 5.23. The Morgan fingerprint density at radius 2 is 2.04 bits per heavy atom. The molecule has 1 aliphatic rings. The molecule has 0 radical (unpaired) electrons. The summed E-state index contributed by atoms with van der Waals surface area (Å²) in [5.41, 5.74) is 2.11. The van der Waals surface area contributed by atoms with Crippen LogP contribution in [0.15, 0.2) is 24.3 Å². The number of nitrogens with zero attached hydrogens (tertiary/aromatic N) is 1. The quantitative estimate of drug-likeness (QED) is 0.847. The number of carbonyl (C=O) groups is 1. The van der Waals surface area contributed by atoms with E-state index in [0.717, 1.165) is 31.6 Å². The van der Waals surface area contributed by atoms with Crippen molar-refractivity contribution in [3.8, 4) is 0 Å². The summed E-state index contributed by atoms with van der Waals surface area (Å²) in [6.45, 7) is 9.79. The van der Waals surface area contributed by atoms with Gasteiger partial charge in [0, 0.05) is 12.2 Å². The molecule has 4 nitrogen and oxygen atoms in total. The first-order valence-electron chi connectivity index (χ1n) is 8.75. The van der Waals surface area contributed by atoms with Crippen LogP contribution in [0.2, 0.25) is 0 Å². The van der Waals surface area contributed by atoms with Crippen LogP contribution < -0.4 is 5.32 Å². The third-order valence-electron chi connectivity index (χ3n) is 5.23. The number of amides is 1. The Morgan fingerprint density at radius 1 is 1.35 bits per heavy atom. The Labute approximate surface area is 139 Å². The van der Waals surface area contributed by atoms with Gasteiger partial charge in [-0.3, -0.25) is 9.69 Å². The van der Waals surface area contributed by atoms with E-state index in [-0.39, 0.29) is 24.0 Å². The van der Waals surface area contributed by atoms with E-state index in [1.807, 2.05) is 32.0 Å². The van der Waals surface area contributed by atoms with Gasteiger partial charge in [-0.1, -0.05) is 32.0 Å². The molecule has 0 spiro atoms. The number of hydrogen-bond acceptors (Lipinski definition) is 3. The number of aliphatic hydroxyl groups excluding tert-OH is 1. The van der Waals surface area contributed by atoms with Crippen molar-refractivity contribution >= 4 is 11.6 Å². The van der Waals surface area contributed by atoms with Crippen LogP contribution in [-0.4, -0.2) is 41.1 Å². The molecule has 4 heteroatoms. The Balaban J connectivity index is 2.02. The zero-order valence-electron chi connectivity index (χ0n) is 14.7. The second-order valence-corrected chi connectivity index (χ2v) is 6.85. The Morgan fingerprint density at radius 3 is 2.65 bits per heavy atom. The molecular weight excluding hydrogens is 288 g/mol. The highest BCUT2D eigenvalue weighted by molar-refractivity contribution is 5.95. The molecule has 4 atom stereocenters. The molecule has 1 aliphatic heterocycles. The SMILES string of the molecule is CCC(C)c1ccccc1NC(=O)C(C)N1CCC(C(C)O)C1. The van der Waals surface area contributed by atoms with E-state index in [1.165, 1.54) is 5.56 Å². The molecule has 4 unspecified atom stereocenters. The number of aliphatic hydroxyl groups is 1. The summed E-state index contributed by atoms with van der Waals surface area (Å²) in [6.07, 6.45) is 1.70. The second-order valence-electron chi connectivity index (χ2n) is 6.85. The van der Waals surface area contributed by atoms with Crippen molar-refractivity contribution in [2.24, 2.45) is 5.92 Å². The number of para-hydroxylation sites is 1. The minimum atomic E-state index is -0.304. The third kappa shape index (κ3) is 4.33. The number of benzene rings is 1. The van der Waals surface area contributed by atoms with Crippen LogP contribution in [0.4, 0.5) is 5.69 Å². The molecule has 2 N–H and O–H groups in total. The van der Waals surface area contributed by atoms with Crippen LogP contribution in [-0.2, 0) is 4.79 Å². The summed E-state index contributed by atoms with van der Waals surface area (Å²) >= 11 is 0. The molecule has 1 aromatic rings. The topological polar surface area (TPSA) is 52.6 Å². The van der Waals surface area contributed by atoms with Gasteiger partial charge in [-0.05, 0) is 56.7 Å². The van der Waals surface area contributed by atoms with Crippen molar-refractivity contribution in [3.63, 3.8) is 0 Å². The number of nitrogens with one attached hydrogen (secondary N) is 1. The van der Waals surface area contributed by atoms with Gasteiger partial charge in [0.2, 0.25) is 5.91 Å². The molecule has 128 valence electrons. The van der Waals surface area contributed by atoms with Gasteiger partial charge in [0.15, 0.2) is 0 Å². The number of hydrogen-bond donors (Lipinski definition) is 2. The van der Waals surface area contributed by atoms with Gasteiger partial charge in [-0.25, -0.2) is 0 Å². The van der Waals surface area contributed by atoms with E-state index < -0.39 is 0 Å². The lowest BCUT2D eigenvalue weighted by molar-refractivity contribution is -0.120. The molecule has 1 heterocycles. The fourth-order valence-corrected chi connectivity index (χ4v) is 3.22. The van der Waals surface area contributed by atoms with Crippen molar-refractivity contribution < 1.29 is 9.90 Å². The first-order chi connectivity index (χ1) is 10.9. The summed E-state index contributed by atoms with van der Waals surface area (Å²) in [6, 6.07) is 7.88. The van der Waals surface area contributed by atoms with Gasteiger partial charge in [0.25, 0.3) is 0 Å². The van der Waals surface area contributed by atoms with Gasteiger partial charge in [-0.2, -0.15) is 0 Å². The summed E-state index contributed by atoms with van der Waals surface area (Å²) in [5.74, 6) is 0.734. The first kappa shape index (κ1) is 18.0. The average molecular weight is 318 g/mol. The standard InChI is InChI=1S/C19H30N2O2/c1-5-13(2)17-8-6-7-9-18(17)20-19(23)14(3)21-11-10-16(12-21)15(4)22/h6-9,13-16,22H,5,10-12H2,1-4H3,(H,20,23). The second kappa shape index (κ2) is 7.93. The van der Waals surface area contributed by atoms with Crippen LogP contribution in [0.3, 0.4) is 0 Å². The predicted octanol–water partition coefficient (Wildman–Crippen LogP) is 3.23. The Hall–Kier alpha value is -1.39. The maximum atomic E-state index is 12.6. The molecule has 1 amide bonds. The molecule has 1 aromatic carbocycles. The predicted molar refractivity (Wildman–Crippen MR) is 94.6 cm³/mol. The lowest BCUT2D eigenvalue weighted by Gasteiger charge is -2.25. The average Bonchev–Trinajstić information content (AvgIpc) is 3.04. The van der Waals surface area contributed by atoms with Crippen LogP contribution in [0.25, 0.3) is 0 Å². The van der Waals surface area contributed by atoms with Crippen molar-refractivity contribution in [2.45, 2.75) is 58.6 Å². The Kier molecular flexibility index (Phi) is 6.19. The highest BCUT2D eigenvalue weighted by Gasteiger charge is 2.31. The highest BCUT2D eigenvalue weighted by atomic mass is 16.3. The molecule has 0 bridgehead atoms. The van der Waals surface area contributed by atoms with E-state index in [1.54, 1.807) is 0 Å².